The van der Waals surface area contributed by atoms with Crippen molar-refractivity contribution in [3.8, 4) is 5.75 Å². The van der Waals surface area contributed by atoms with E-state index in [9.17, 15) is 0 Å². The zero-order chi connectivity index (χ0) is 17.6. The first-order valence-electron chi connectivity index (χ1n) is 8.06. The van der Waals surface area contributed by atoms with E-state index >= 15 is 0 Å². The van der Waals surface area contributed by atoms with Gasteiger partial charge < -0.3 is 14.7 Å². The highest BCUT2D eigenvalue weighted by Crippen LogP contribution is 2.20. The molecule has 1 aliphatic heterocycles. The number of rotatable bonds is 2. The second-order valence-corrected chi connectivity index (χ2v) is 7.19. The Morgan fingerprint density at radius 3 is 2.64 bits per heavy atom. The molecule has 0 fully saturated rings. The molecule has 25 heavy (non-hydrogen) atoms. The Labute approximate surface area is 158 Å². The number of aryl methyl sites for hydroxylation is 1. The van der Waals surface area contributed by atoms with Crippen molar-refractivity contribution in [2.45, 2.75) is 13.8 Å². The van der Waals surface area contributed by atoms with Crippen LogP contribution in [0, 0.1) is 17.4 Å². The zero-order valence-electron chi connectivity index (χ0n) is 14.3. The van der Waals surface area contributed by atoms with Crippen molar-refractivity contribution in [2.24, 2.45) is 4.99 Å². The first-order valence-corrected chi connectivity index (χ1v) is 9.14. The number of methoxy groups -OCH3 is 1. The number of ether oxygens (including phenoxy) is 1. The third-order valence-electron chi connectivity index (χ3n) is 4.45. The highest BCUT2D eigenvalue weighted by atomic mass is 127. The van der Waals surface area contributed by atoms with E-state index in [1.165, 1.54) is 14.8 Å². The standard InChI is InChI=1S/C20H18IN3O/c1-11-15(22-12(2)20(11)21)9-18-19(25-3)10-17(24-18)16-8-13-6-4-5-7-14(13)23-16/h4-10,22,24H,1-3H3/b17-16-,18-9-. The largest absolute Gasteiger partial charge is 0.494 e. The van der Waals surface area contributed by atoms with E-state index < -0.39 is 0 Å². The van der Waals surface area contributed by atoms with Gasteiger partial charge in [-0.1, -0.05) is 18.2 Å². The summed E-state index contributed by atoms with van der Waals surface area (Å²) in [7, 11) is 1.69. The molecule has 0 bridgehead atoms. The summed E-state index contributed by atoms with van der Waals surface area (Å²) in [5, 5.41) is 4.03. The van der Waals surface area contributed by atoms with Gasteiger partial charge in [0.15, 0.2) is 0 Å². The minimum Gasteiger partial charge on any atom is -0.494 e. The van der Waals surface area contributed by atoms with Crippen LogP contribution in [0.25, 0.3) is 17.8 Å². The molecule has 4 rings (SSSR count). The number of fused-ring (bicyclic) bond motifs is 1. The summed E-state index contributed by atoms with van der Waals surface area (Å²) in [5.74, 6) is 0.809. The lowest BCUT2D eigenvalue weighted by Gasteiger charge is -1.94. The van der Waals surface area contributed by atoms with Gasteiger partial charge >= 0.3 is 0 Å². The van der Waals surface area contributed by atoms with Crippen LogP contribution in [0.5, 0.6) is 5.75 Å². The number of aromatic amines is 2. The number of halogens is 1. The molecule has 0 spiro atoms. The smallest absolute Gasteiger partial charge is 0.144 e. The molecule has 0 atom stereocenters. The van der Waals surface area contributed by atoms with Crippen molar-refractivity contribution in [1.82, 2.24) is 9.97 Å². The van der Waals surface area contributed by atoms with E-state index in [-0.39, 0.29) is 0 Å². The second-order valence-electron chi connectivity index (χ2n) is 6.11. The third-order valence-corrected chi connectivity index (χ3v) is 6.07. The van der Waals surface area contributed by atoms with E-state index in [1.54, 1.807) is 7.11 Å². The molecule has 3 aromatic rings. The highest BCUT2D eigenvalue weighted by molar-refractivity contribution is 14.1. The van der Waals surface area contributed by atoms with Crippen molar-refractivity contribution in [2.75, 3.05) is 7.11 Å². The number of nitrogens with zero attached hydrogens (tertiary/aromatic N) is 1. The monoisotopic (exact) mass is 443 g/mol. The van der Waals surface area contributed by atoms with E-state index in [1.807, 2.05) is 24.3 Å². The molecular formula is C20H18IN3O. The summed E-state index contributed by atoms with van der Waals surface area (Å²) >= 11 is 2.37. The number of para-hydroxylation sites is 1. The van der Waals surface area contributed by atoms with Crippen LogP contribution in [0.2, 0.25) is 0 Å². The summed E-state index contributed by atoms with van der Waals surface area (Å²) in [6.07, 6.45) is 4.19. The molecule has 0 aliphatic carbocycles. The number of benzene rings is 1. The van der Waals surface area contributed by atoms with E-state index in [0.717, 1.165) is 38.4 Å². The second kappa shape index (κ2) is 6.22. The summed E-state index contributed by atoms with van der Waals surface area (Å²) in [5.41, 5.74) is 4.44. The molecule has 0 unspecified atom stereocenters. The number of aromatic nitrogens is 2. The minimum atomic E-state index is 0.809. The molecule has 0 amide bonds. The number of nitrogens with one attached hydrogen (secondary N) is 2. The first kappa shape index (κ1) is 16.2. The molecule has 126 valence electrons. The molecule has 0 saturated heterocycles. The zero-order valence-corrected chi connectivity index (χ0v) is 16.4. The fourth-order valence-electron chi connectivity index (χ4n) is 3.06. The van der Waals surface area contributed by atoms with Gasteiger partial charge in [0.05, 0.1) is 28.9 Å². The lowest BCUT2D eigenvalue weighted by Crippen LogP contribution is -2.19. The number of H-pyrrole nitrogens is 2. The molecule has 0 saturated carbocycles. The average Bonchev–Trinajstić information content (AvgIpc) is 3.28. The van der Waals surface area contributed by atoms with E-state index in [2.05, 4.69) is 64.6 Å². The maximum atomic E-state index is 5.56. The maximum absolute atomic E-state index is 5.56. The van der Waals surface area contributed by atoms with Crippen molar-refractivity contribution < 1.29 is 4.74 Å². The summed E-state index contributed by atoms with van der Waals surface area (Å²) in [4.78, 5) is 11.6. The molecule has 4 nitrogen and oxygen atoms in total. The van der Waals surface area contributed by atoms with Gasteiger partial charge in [-0.25, -0.2) is 4.99 Å². The Morgan fingerprint density at radius 1 is 1.16 bits per heavy atom. The molecule has 2 N–H and O–H groups in total. The molecule has 1 aromatic carbocycles. The summed E-state index contributed by atoms with van der Waals surface area (Å²) in [6.45, 7) is 4.21. The van der Waals surface area contributed by atoms with Crippen LogP contribution < -0.4 is 26.0 Å². The normalized spacial score (nSPS) is 15.8. The van der Waals surface area contributed by atoms with Crippen LogP contribution in [0.3, 0.4) is 0 Å². The van der Waals surface area contributed by atoms with Gasteiger partial charge in [0.1, 0.15) is 5.75 Å². The molecule has 0 radical (unpaired) electrons. The van der Waals surface area contributed by atoms with Crippen LogP contribution in [-0.2, 0) is 0 Å². The van der Waals surface area contributed by atoms with Gasteiger partial charge in [-0.05, 0) is 60.2 Å². The summed E-state index contributed by atoms with van der Waals surface area (Å²) in [6, 6.07) is 10.1. The van der Waals surface area contributed by atoms with Crippen LogP contribution in [-0.4, -0.2) is 17.1 Å². The van der Waals surface area contributed by atoms with Crippen molar-refractivity contribution in [3.05, 3.63) is 72.1 Å². The van der Waals surface area contributed by atoms with Crippen LogP contribution in [0.1, 0.15) is 17.0 Å². The fourth-order valence-corrected chi connectivity index (χ4v) is 3.49. The fraction of sp³-hybridized carbons (Fsp3) is 0.150. The summed E-state index contributed by atoms with van der Waals surface area (Å²) < 4.78 is 6.83. The van der Waals surface area contributed by atoms with Crippen molar-refractivity contribution in [3.63, 3.8) is 0 Å². The molecule has 3 heterocycles. The number of hydrogen-bond acceptors (Lipinski definition) is 2. The van der Waals surface area contributed by atoms with Gasteiger partial charge in [-0.15, -0.1) is 0 Å². The van der Waals surface area contributed by atoms with Gasteiger partial charge in [0.2, 0.25) is 0 Å². The molecular weight excluding hydrogens is 425 g/mol. The third kappa shape index (κ3) is 2.82. The first-order chi connectivity index (χ1) is 12.1. The Hall–Kier alpha value is -2.28. The molecule has 2 aromatic heterocycles. The topological polar surface area (TPSA) is 53.2 Å². The molecule has 1 aliphatic rings. The average molecular weight is 443 g/mol. The molecule has 5 heteroatoms. The van der Waals surface area contributed by atoms with Gasteiger partial charge in [-0.3, -0.25) is 0 Å². The Balaban J connectivity index is 1.93. The van der Waals surface area contributed by atoms with Crippen molar-refractivity contribution >= 4 is 40.4 Å². The van der Waals surface area contributed by atoms with E-state index in [4.69, 9.17) is 9.73 Å². The lowest BCUT2D eigenvalue weighted by atomic mass is 10.2. The Morgan fingerprint density at radius 2 is 1.96 bits per heavy atom. The van der Waals surface area contributed by atoms with Gasteiger partial charge in [-0.2, -0.15) is 0 Å². The Bertz CT molecular complexity index is 1180. The highest BCUT2D eigenvalue weighted by Gasteiger charge is 2.09. The maximum Gasteiger partial charge on any atom is 0.144 e. The predicted octanol–water partition coefficient (Wildman–Crippen LogP) is 1.62. The van der Waals surface area contributed by atoms with Gasteiger partial charge in [0.25, 0.3) is 0 Å². The van der Waals surface area contributed by atoms with E-state index in [0.29, 0.717) is 0 Å². The van der Waals surface area contributed by atoms with Gasteiger partial charge in [0, 0.05) is 26.2 Å². The van der Waals surface area contributed by atoms with Crippen LogP contribution in [0.15, 0.2) is 35.3 Å². The van der Waals surface area contributed by atoms with Crippen LogP contribution >= 0.6 is 22.6 Å². The lowest BCUT2D eigenvalue weighted by molar-refractivity contribution is 0.412. The number of hydrogen-bond donors (Lipinski definition) is 2. The quantitative estimate of drug-likeness (QED) is 0.582. The predicted molar refractivity (Wildman–Crippen MR) is 108 cm³/mol. The Kier molecular flexibility index (Phi) is 4.03. The van der Waals surface area contributed by atoms with Crippen LogP contribution in [0.4, 0.5) is 0 Å². The minimum absolute atomic E-state index is 0.809. The van der Waals surface area contributed by atoms with Crippen molar-refractivity contribution in [1.29, 1.82) is 0 Å². The SMILES string of the molecule is COc1c/c(=C2\C=c3ccccc3=N2)[nH]/c1=C\c1[nH]c(C)c(I)c1C.